The zero-order valence-electron chi connectivity index (χ0n) is 13.2. The maximum atomic E-state index is 12.1. The molecule has 1 heterocycles. The van der Waals surface area contributed by atoms with Crippen LogP contribution in [0.4, 0.5) is 5.69 Å². The summed E-state index contributed by atoms with van der Waals surface area (Å²) in [6, 6.07) is 14.4. The van der Waals surface area contributed by atoms with E-state index in [-0.39, 0.29) is 11.7 Å². The van der Waals surface area contributed by atoms with Crippen molar-refractivity contribution >= 4 is 46.6 Å². The number of thioether (sulfide) groups is 1. The highest BCUT2D eigenvalue weighted by Crippen LogP contribution is 2.24. The fraction of sp³-hybridized carbons (Fsp3) is 0.118. The molecule has 3 aromatic rings. The van der Waals surface area contributed by atoms with Gasteiger partial charge >= 0.3 is 0 Å². The Morgan fingerprint density at radius 2 is 1.88 bits per heavy atom. The van der Waals surface area contributed by atoms with Gasteiger partial charge in [-0.05, 0) is 42.5 Å². The molecule has 3 rings (SSSR count). The van der Waals surface area contributed by atoms with Gasteiger partial charge in [-0.1, -0.05) is 41.0 Å². The predicted molar refractivity (Wildman–Crippen MR) is 102 cm³/mol. The first-order chi connectivity index (χ1) is 12.0. The van der Waals surface area contributed by atoms with Gasteiger partial charge in [0, 0.05) is 28.3 Å². The number of halogens is 2. The number of carbonyl (C=O) groups is 1. The van der Waals surface area contributed by atoms with E-state index in [0.717, 1.165) is 11.4 Å². The van der Waals surface area contributed by atoms with Crippen LogP contribution < -0.4 is 5.32 Å². The summed E-state index contributed by atoms with van der Waals surface area (Å²) >= 11 is 13.1. The number of nitrogens with zero attached hydrogens (tertiary/aromatic N) is 3. The largest absolute Gasteiger partial charge is 0.325 e. The Balaban J connectivity index is 1.64. The van der Waals surface area contributed by atoms with E-state index in [0.29, 0.717) is 20.9 Å². The van der Waals surface area contributed by atoms with E-state index in [4.69, 9.17) is 23.2 Å². The molecule has 0 radical (unpaired) electrons. The Bertz CT molecular complexity index is 896. The first-order valence-corrected chi connectivity index (χ1v) is 9.10. The fourth-order valence-electron chi connectivity index (χ4n) is 2.18. The summed E-state index contributed by atoms with van der Waals surface area (Å²) in [5.41, 5.74) is 1.58. The Kier molecular flexibility index (Phi) is 5.63. The lowest BCUT2D eigenvalue weighted by Gasteiger charge is -2.06. The van der Waals surface area contributed by atoms with Crippen LogP contribution >= 0.6 is 35.0 Å². The van der Waals surface area contributed by atoms with Crippen molar-refractivity contribution in [2.75, 3.05) is 11.1 Å². The highest BCUT2D eigenvalue weighted by Gasteiger charge is 2.13. The second-order valence-electron chi connectivity index (χ2n) is 5.22. The SMILES string of the molecule is Cn1c(SCC(=O)Nc2cccc(Cl)c2)nnc1-c1ccc(Cl)cc1. The van der Waals surface area contributed by atoms with E-state index in [1.54, 1.807) is 36.4 Å². The molecule has 0 saturated heterocycles. The molecule has 8 heteroatoms. The van der Waals surface area contributed by atoms with Crippen molar-refractivity contribution in [3.8, 4) is 11.4 Å². The van der Waals surface area contributed by atoms with Crippen molar-refractivity contribution in [2.45, 2.75) is 5.16 Å². The molecule has 25 heavy (non-hydrogen) atoms. The molecular formula is C17H14Cl2N4OS. The van der Waals surface area contributed by atoms with Crippen LogP contribution in [0.15, 0.2) is 53.7 Å². The molecule has 0 fully saturated rings. The average molecular weight is 393 g/mol. The Labute approximate surface area is 159 Å². The van der Waals surface area contributed by atoms with Gasteiger partial charge in [0.1, 0.15) is 0 Å². The lowest BCUT2D eigenvalue weighted by molar-refractivity contribution is -0.113. The molecule has 0 unspecified atom stereocenters. The molecule has 128 valence electrons. The molecule has 2 aromatic carbocycles. The van der Waals surface area contributed by atoms with Crippen LogP contribution in [0.1, 0.15) is 0 Å². The van der Waals surface area contributed by atoms with Crippen LogP contribution in [-0.4, -0.2) is 26.4 Å². The number of hydrogen-bond donors (Lipinski definition) is 1. The zero-order valence-corrected chi connectivity index (χ0v) is 15.6. The summed E-state index contributed by atoms with van der Waals surface area (Å²) in [5.74, 6) is 0.803. The third-order valence-corrected chi connectivity index (χ3v) is 4.89. The third kappa shape index (κ3) is 4.54. The van der Waals surface area contributed by atoms with E-state index in [1.807, 2.05) is 23.7 Å². The molecule has 0 aliphatic rings. The van der Waals surface area contributed by atoms with Crippen LogP contribution in [0.25, 0.3) is 11.4 Å². The molecule has 0 saturated carbocycles. The van der Waals surface area contributed by atoms with Gasteiger partial charge in [0.15, 0.2) is 11.0 Å². The monoisotopic (exact) mass is 392 g/mol. The van der Waals surface area contributed by atoms with Crippen molar-refractivity contribution in [1.82, 2.24) is 14.8 Å². The maximum absolute atomic E-state index is 12.1. The summed E-state index contributed by atoms with van der Waals surface area (Å²) in [6.45, 7) is 0. The molecule has 0 atom stereocenters. The van der Waals surface area contributed by atoms with E-state index < -0.39 is 0 Å². The van der Waals surface area contributed by atoms with Crippen molar-refractivity contribution in [2.24, 2.45) is 7.05 Å². The number of rotatable bonds is 5. The predicted octanol–water partition coefficient (Wildman–Crippen LogP) is 4.52. The summed E-state index contributed by atoms with van der Waals surface area (Å²) in [5, 5.41) is 13.0. The van der Waals surface area contributed by atoms with Gasteiger partial charge in [0.25, 0.3) is 0 Å². The summed E-state index contributed by atoms with van der Waals surface area (Å²) < 4.78 is 1.85. The third-order valence-electron chi connectivity index (χ3n) is 3.38. The van der Waals surface area contributed by atoms with Gasteiger partial charge in [-0.2, -0.15) is 0 Å². The highest BCUT2D eigenvalue weighted by molar-refractivity contribution is 7.99. The van der Waals surface area contributed by atoms with E-state index >= 15 is 0 Å². The number of carbonyl (C=O) groups excluding carboxylic acids is 1. The minimum Gasteiger partial charge on any atom is -0.325 e. The van der Waals surface area contributed by atoms with Crippen molar-refractivity contribution in [3.05, 3.63) is 58.6 Å². The summed E-state index contributed by atoms with van der Waals surface area (Å²) in [7, 11) is 1.86. The lowest BCUT2D eigenvalue weighted by Crippen LogP contribution is -2.14. The number of amides is 1. The van der Waals surface area contributed by atoms with Crippen molar-refractivity contribution in [1.29, 1.82) is 0 Å². The number of hydrogen-bond acceptors (Lipinski definition) is 4. The van der Waals surface area contributed by atoms with E-state index in [2.05, 4.69) is 15.5 Å². The lowest BCUT2D eigenvalue weighted by atomic mass is 10.2. The number of anilines is 1. The summed E-state index contributed by atoms with van der Waals surface area (Å²) in [6.07, 6.45) is 0. The molecule has 5 nitrogen and oxygen atoms in total. The van der Waals surface area contributed by atoms with Crippen LogP contribution in [-0.2, 0) is 11.8 Å². The molecule has 0 aliphatic carbocycles. The zero-order chi connectivity index (χ0) is 17.8. The van der Waals surface area contributed by atoms with Crippen LogP contribution in [0.2, 0.25) is 10.0 Å². The smallest absolute Gasteiger partial charge is 0.234 e. The fourth-order valence-corrected chi connectivity index (χ4v) is 3.21. The average Bonchev–Trinajstić information content (AvgIpc) is 2.94. The Morgan fingerprint density at radius 1 is 1.12 bits per heavy atom. The molecular weight excluding hydrogens is 379 g/mol. The standard InChI is InChI=1S/C17H14Cl2N4OS/c1-23-16(11-5-7-12(18)8-6-11)21-22-17(23)25-10-15(24)20-14-4-2-3-13(19)9-14/h2-9H,10H2,1H3,(H,20,24). The van der Waals surface area contributed by atoms with Crippen LogP contribution in [0.5, 0.6) is 0 Å². The minimum atomic E-state index is -0.136. The number of nitrogens with one attached hydrogen (secondary N) is 1. The highest BCUT2D eigenvalue weighted by atomic mass is 35.5. The Hall–Kier alpha value is -2.02. The summed E-state index contributed by atoms with van der Waals surface area (Å²) in [4.78, 5) is 12.1. The second kappa shape index (κ2) is 7.91. The van der Waals surface area contributed by atoms with Gasteiger partial charge in [0.05, 0.1) is 5.75 Å². The van der Waals surface area contributed by atoms with Crippen LogP contribution in [0, 0.1) is 0 Å². The molecule has 1 aromatic heterocycles. The quantitative estimate of drug-likeness (QED) is 0.648. The maximum Gasteiger partial charge on any atom is 0.234 e. The first-order valence-electron chi connectivity index (χ1n) is 7.36. The Morgan fingerprint density at radius 3 is 2.60 bits per heavy atom. The van der Waals surface area contributed by atoms with Gasteiger partial charge in [0.2, 0.25) is 5.91 Å². The van der Waals surface area contributed by atoms with Crippen molar-refractivity contribution < 1.29 is 4.79 Å². The molecule has 1 N–H and O–H groups in total. The van der Waals surface area contributed by atoms with Gasteiger partial charge in [-0.15, -0.1) is 10.2 Å². The van der Waals surface area contributed by atoms with Gasteiger partial charge in [-0.25, -0.2) is 0 Å². The molecule has 0 aliphatic heterocycles. The number of aromatic nitrogens is 3. The topological polar surface area (TPSA) is 59.8 Å². The van der Waals surface area contributed by atoms with Gasteiger partial charge < -0.3 is 9.88 Å². The van der Waals surface area contributed by atoms with Gasteiger partial charge in [-0.3, -0.25) is 4.79 Å². The minimum absolute atomic E-state index is 0.136. The first kappa shape index (κ1) is 17.8. The molecule has 1 amide bonds. The molecule has 0 bridgehead atoms. The van der Waals surface area contributed by atoms with Crippen molar-refractivity contribution in [3.63, 3.8) is 0 Å². The normalized spacial score (nSPS) is 10.7. The van der Waals surface area contributed by atoms with E-state index in [1.165, 1.54) is 11.8 Å². The van der Waals surface area contributed by atoms with Crippen LogP contribution in [0.3, 0.4) is 0 Å². The molecule has 0 spiro atoms. The van der Waals surface area contributed by atoms with E-state index in [9.17, 15) is 4.79 Å². The second-order valence-corrected chi connectivity index (χ2v) is 7.03. The number of benzene rings is 2.